The van der Waals surface area contributed by atoms with E-state index in [0.717, 1.165) is 0 Å². The van der Waals surface area contributed by atoms with Gasteiger partial charge in [0, 0.05) is 20.1 Å². The number of carbonyl (C=O) groups excluding carboxylic acids is 1. The molecule has 0 amide bonds. The maximum absolute atomic E-state index is 11.4. The molecule has 0 fully saturated rings. The maximum atomic E-state index is 11.4. The van der Waals surface area contributed by atoms with E-state index >= 15 is 0 Å². The van der Waals surface area contributed by atoms with Crippen molar-refractivity contribution in [2.24, 2.45) is 0 Å². The molecule has 112 valence electrons. The number of methoxy groups -OCH3 is 1. The van der Waals surface area contributed by atoms with Crippen LogP contribution in [0.1, 0.15) is 6.42 Å². The van der Waals surface area contributed by atoms with Crippen LogP contribution < -0.4 is 10.5 Å². The fraction of sp³-hybridized carbons (Fsp3) is 0.500. The normalized spacial score (nSPS) is 10.2. The molecule has 0 atom stereocenters. The van der Waals surface area contributed by atoms with Crippen LogP contribution in [0.25, 0.3) is 0 Å². The average Bonchev–Trinajstić information content (AvgIpc) is 2.45. The van der Waals surface area contributed by atoms with Gasteiger partial charge < -0.3 is 24.7 Å². The molecule has 0 unspecified atom stereocenters. The third-order valence-electron chi connectivity index (χ3n) is 2.39. The topological polar surface area (TPSA) is 80.0 Å². The highest BCUT2D eigenvalue weighted by molar-refractivity contribution is 5.71. The largest absolute Gasteiger partial charge is 0.480 e. The van der Waals surface area contributed by atoms with Gasteiger partial charge in [-0.3, -0.25) is 0 Å². The number of carbonyl (C=O) groups is 1. The second-order valence-electron chi connectivity index (χ2n) is 4.01. The fourth-order valence-electron chi connectivity index (χ4n) is 1.38. The minimum Gasteiger partial charge on any atom is -0.480 e. The first kappa shape index (κ1) is 16.3. The van der Waals surface area contributed by atoms with E-state index < -0.39 is 5.97 Å². The highest BCUT2D eigenvalue weighted by Crippen LogP contribution is 2.19. The Labute approximate surface area is 118 Å². The molecule has 0 spiro atoms. The van der Waals surface area contributed by atoms with Crippen molar-refractivity contribution in [1.82, 2.24) is 0 Å². The molecule has 0 radical (unpaired) electrons. The van der Waals surface area contributed by atoms with Gasteiger partial charge in [-0.1, -0.05) is 12.1 Å². The molecule has 0 aliphatic heterocycles. The molecule has 0 aliphatic carbocycles. The summed E-state index contributed by atoms with van der Waals surface area (Å²) in [6.45, 7) is 1.79. The monoisotopic (exact) mass is 283 g/mol. The maximum Gasteiger partial charge on any atom is 0.344 e. The molecule has 1 aromatic rings. The van der Waals surface area contributed by atoms with Gasteiger partial charge in [-0.25, -0.2) is 4.79 Å². The predicted molar refractivity (Wildman–Crippen MR) is 74.6 cm³/mol. The SMILES string of the molecule is COCCOCCCOC(=O)COc1ccccc1N. The van der Waals surface area contributed by atoms with Crippen molar-refractivity contribution in [2.45, 2.75) is 6.42 Å². The molecule has 1 aromatic carbocycles. The van der Waals surface area contributed by atoms with Crippen LogP contribution in [0.3, 0.4) is 0 Å². The summed E-state index contributed by atoms with van der Waals surface area (Å²) in [6, 6.07) is 6.99. The third kappa shape index (κ3) is 6.96. The molecule has 0 bridgehead atoms. The summed E-state index contributed by atoms with van der Waals surface area (Å²) in [5.41, 5.74) is 6.17. The molecule has 0 saturated heterocycles. The number of hydrogen-bond acceptors (Lipinski definition) is 6. The van der Waals surface area contributed by atoms with E-state index in [-0.39, 0.29) is 6.61 Å². The molecule has 0 saturated carbocycles. The van der Waals surface area contributed by atoms with Crippen molar-refractivity contribution in [3.63, 3.8) is 0 Å². The van der Waals surface area contributed by atoms with Crippen LogP contribution in [0, 0.1) is 0 Å². The summed E-state index contributed by atoms with van der Waals surface area (Å²) >= 11 is 0. The second kappa shape index (κ2) is 10.1. The Hall–Kier alpha value is -1.79. The molecular formula is C14H21NO5. The first-order valence-corrected chi connectivity index (χ1v) is 6.43. The lowest BCUT2D eigenvalue weighted by atomic mass is 10.3. The van der Waals surface area contributed by atoms with Crippen molar-refractivity contribution in [1.29, 1.82) is 0 Å². The summed E-state index contributed by atoms with van der Waals surface area (Å²) in [6.07, 6.45) is 0.642. The second-order valence-corrected chi connectivity index (χ2v) is 4.01. The van der Waals surface area contributed by atoms with Crippen LogP contribution in [0.4, 0.5) is 5.69 Å². The van der Waals surface area contributed by atoms with Gasteiger partial charge in [-0.2, -0.15) is 0 Å². The number of ether oxygens (including phenoxy) is 4. The van der Waals surface area contributed by atoms with Crippen molar-refractivity contribution < 1.29 is 23.7 Å². The van der Waals surface area contributed by atoms with E-state index in [1.165, 1.54) is 0 Å². The lowest BCUT2D eigenvalue weighted by molar-refractivity contribution is -0.146. The van der Waals surface area contributed by atoms with Crippen molar-refractivity contribution in [2.75, 3.05) is 45.9 Å². The van der Waals surface area contributed by atoms with Crippen LogP contribution in [-0.4, -0.2) is 46.1 Å². The van der Waals surface area contributed by atoms with Gasteiger partial charge in [0.2, 0.25) is 0 Å². The van der Waals surface area contributed by atoms with Crippen molar-refractivity contribution in [3.8, 4) is 5.75 Å². The minimum absolute atomic E-state index is 0.154. The number of rotatable bonds is 10. The average molecular weight is 283 g/mol. The first-order valence-electron chi connectivity index (χ1n) is 6.43. The Kier molecular flexibility index (Phi) is 8.17. The number of nitrogens with two attached hydrogens (primary N) is 1. The lowest BCUT2D eigenvalue weighted by Gasteiger charge is -2.08. The highest BCUT2D eigenvalue weighted by atomic mass is 16.6. The van der Waals surface area contributed by atoms with Gasteiger partial charge in [0.15, 0.2) is 6.61 Å². The summed E-state index contributed by atoms with van der Waals surface area (Å²) in [5.74, 6) is 0.0532. The molecule has 1 rings (SSSR count). The van der Waals surface area contributed by atoms with Crippen LogP contribution in [-0.2, 0) is 19.0 Å². The molecule has 20 heavy (non-hydrogen) atoms. The Balaban J connectivity index is 2.05. The molecular weight excluding hydrogens is 262 g/mol. The van der Waals surface area contributed by atoms with Gasteiger partial charge in [-0.15, -0.1) is 0 Å². The predicted octanol–water partition coefficient (Wildman–Crippen LogP) is 1.24. The number of nitrogen functional groups attached to an aromatic ring is 1. The molecule has 2 N–H and O–H groups in total. The molecule has 0 aromatic heterocycles. The van der Waals surface area contributed by atoms with Gasteiger partial charge in [0.1, 0.15) is 5.75 Å². The van der Waals surface area contributed by atoms with Crippen molar-refractivity contribution >= 4 is 11.7 Å². The number of anilines is 1. The minimum atomic E-state index is -0.426. The number of benzene rings is 1. The van der Waals surface area contributed by atoms with Gasteiger partial charge >= 0.3 is 5.97 Å². The van der Waals surface area contributed by atoms with E-state index in [9.17, 15) is 4.79 Å². The molecule has 0 heterocycles. The zero-order chi connectivity index (χ0) is 14.6. The Morgan fingerprint density at radius 2 is 1.95 bits per heavy atom. The number of hydrogen-bond donors (Lipinski definition) is 1. The quantitative estimate of drug-likeness (QED) is 0.395. The Morgan fingerprint density at radius 3 is 2.70 bits per heavy atom. The van der Waals surface area contributed by atoms with Crippen LogP contribution in [0.15, 0.2) is 24.3 Å². The smallest absolute Gasteiger partial charge is 0.344 e. The van der Waals surface area contributed by atoms with Crippen LogP contribution >= 0.6 is 0 Å². The summed E-state index contributed by atoms with van der Waals surface area (Å²) < 4.78 is 20.3. The molecule has 0 aliphatic rings. The van der Waals surface area contributed by atoms with Crippen LogP contribution in [0.2, 0.25) is 0 Å². The van der Waals surface area contributed by atoms with E-state index in [0.29, 0.717) is 44.3 Å². The first-order chi connectivity index (χ1) is 9.74. The third-order valence-corrected chi connectivity index (χ3v) is 2.39. The zero-order valence-electron chi connectivity index (χ0n) is 11.7. The van der Waals surface area contributed by atoms with E-state index in [1.807, 2.05) is 0 Å². The summed E-state index contributed by atoms with van der Waals surface area (Å²) in [5, 5.41) is 0. The van der Waals surface area contributed by atoms with Crippen molar-refractivity contribution in [3.05, 3.63) is 24.3 Å². The Bertz CT molecular complexity index is 397. The van der Waals surface area contributed by atoms with E-state index in [1.54, 1.807) is 31.4 Å². The van der Waals surface area contributed by atoms with Gasteiger partial charge in [0.05, 0.1) is 25.5 Å². The molecule has 6 heteroatoms. The fourth-order valence-corrected chi connectivity index (χ4v) is 1.38. The Morgan fingerprint density at radius 1 is 1.15 bits per heavy atom. The lowest BCUT2D eigenvalue weighted by Crippen LogP contribution is -2.16. The summed E-state index contributed by atoms with van der Waals surface area (Å²) in [4.78, 5) is 11.4. The number of esters is 1. The highest BCUT2D eigenvalue weighted by Gasteiger charge is 2.05. The van der Waals surface area contributed by atoms with Gasteiger partial charge in [0.25, 0.3) is 0 Å². The van der Waals surface area contributed by atoms with Crippen LogP contribution in [0.5, 0.6) is 5.75 Å². The zero-order valence-corrected chi connectivity index (χ0v) is 11.7. The van der Waals surface area contributed by atoms with E-state index in [2.05, 4.69) is 0 Å². The molecule has 6 nitrogen and oxygen atoms in total. The number of para-hydroxylation sites is 2. The standard InChI is InChI=1S/C14H21NO5/c1-17-9-10-18-7-4-8-19-14(16)11-20-13-6-3-2-5-12(13)15/h2-3,5-6H,4,7-11,15H2,1H3. The van der Waals surface area contributed by atoms with E-state index in [4.69, 9.17) is 24.7 Å². The van der Waals surface area contributed by atoms with Gasteiger partial charge in [-0.05, 0) is 12.1 Å². The summed E-state index contributed by atoms with van der Waals surface area (Å²) in [7, 11) is 1.62.